The van der Waals surface area contributed by atoms with E-state index in [0.29, 0.717) is 6.61 Å². The summed E-state index contributed by atoms with van der Waals surface area (Å²) in [6, 6.07) is 32.3. The van der Waals surface area contributed by atoms with Crippen LogP contribution in [-0.2, 0) is 17.2 Å². The van der Waals surface area contributed by atoms with Gasteiger partial charge < -0.3 is 4.74 Å². The summed E-state index contributed by atoms with van der Waals surface area (Å²) < 4.78 is 5.98. The maximum absolute atomic E-state index is 12.3. The van der Waals surface area contributed by atoms with E-state index < -0.39 is 0 Å². The van der Waals surface area contributed by atoms with Gasteiger partial charge in [-0.05, 0) is 58.7 Å². The summed E-state index contributed by atoms with van der Waals surface area (Å²) in [5, 5.41) is 6.32. The summed E-state index contributed by atoms with van der Waals surface area (Å²) in [5.41, 5.74) is 5.87. The first-order valence-corrected chi connectivity index (χ1v) is 11.9. The van der Waals surface area contributed by atoms with Gasteiger partial charge in [-0.1, -0.05) is 72.8 Å². The van der Waals surface area contributed by atoms with Crippen LogP contribution in [0.2, 0.25) is 0 Å². The van der Waals surface area contributed by atoms with Crippen molar-refractivity contribution in [3.63, 3.8) is 0 Å². The molecule has 0 aliphatic heterocycles. The molecule has 0 aliphatic carbocycles. The number of benzene rings is 4. The lowest BCUT2D eigenvalue weighted by Gasteiger charge is -2.10. The van der Waals surface area contributed by atoms with Crippen LogP contribution < -0.4 is 10.2 Å². The van der Waals surface area contributed by atoms with E-state index in [1.807, 2.05) is 61.5 Å². The number of fused-ring (bicyclic) bond motifs is 1. The number of hydrogen-bond acceptors (Lipinski definition) is 4. The molecule has 0 aromatic heterocycles. The Kier molecular flexibility index (Phi) is 7.77. The fourth-order valence-electron chi connectivity index (χ4n) is 3.36. The summed E-state index contributed by atoms with van der Waals surface area (Å²) >= 11 is 1.59. The molecule has 0 aliphatic rings. The topological polar surface area (TPSA) is 50.7 Å². The zero-order chi connectivity index (χ0) is 22.9. The molecule has 4 rings (SSSR count). The van der Waals surface area contributed by atoms with Gasteiger partial charge in [0.05, 0.1) is 11.5 Å². The predicted octanol–water partition coefficient (Wildman–Crippen LogP) is 6.19. The Balaban J connectivity index is 1.25. The highest BCUT2D eigenvalue weighted by atomic mass is 32.2. The van der Waals surface area contributed by atoms with Gasteiger partial charge in [0, 0.05) is 5.75 Å². The average Bonchev–Trinajstić information content (AvgIpc) is 2.87. The SMILES string of the molecule is CC(SCc1ccccc1)C(=O)N/N=C/c1ccc(OCc2cccc3ccccc23)cc1. The van der Waals surface area contributed by atoms with Gasteiger partial charge in [-0.2, -0.15) is 5.10 Å². The van der Waals surface area contributed by atoms with E-state index in [0.717, 1.165) is 22.6 Å². The molecule has 1 amide bonds. The lowest BCUT2D eigenvalue weighted by atomic mass is 10.1. The molecule has 0 saturated heterocycles. The molecule has 4 aromatic carbocycles. The van der Waals surface area contributed by atoms with Crippen molar-refractivity contribution in [2.24, 2.45) is 5.10 Å². The number of rotatable bonds is 9. The van der Waals surface area contributed by atoms with Crippen LogP contribution in [0.3, 0.4) is 0 Å². The first kappa shape index (κ1) is 22.6. The fourth-order valence-corrected chi connectivity index (χ4v) is 4.20. The molecule has 4 nitrogen and oxygen atoms in total. The van der Waals surface area contributed by atoms with Crippen molar-refractivity contribution in [2.75, 3.05) is 0 Å². The summed E-state index contributed by atoms with van der Waals surface area (Å²) in [7, 11) is 0. The molecule has 5 heteroatoms. The molecule has 0 fully saturated rings. The molecule has 4 aromatic rings. The Morgan fingerprint density at radius 3 is 2.48 bits per heavy atom. The van der Waals surface area contributed by atoms with Crippen molar-refractivity contribution in [2.45, 2.75) is 24.5 Å². The maximum atomic E-state index is 12.3. The number of thioether (sulfide) groups is 1. The Bertz CT molecular complexity index is 1220. The van der Waals surface area contributed by atoms with Gasteiger partial charge in [0.2, 0.25) is 0 Å². The number of amides is 1. The van der Waals surface area contributed by atoms with E-state index in [9.17, 15) is 4.79 Å². The van der Waals surface area contributed by atoms with Gasteiger partial charge >= 0.3 is 0 Å². The highest BCUT2D eigenvalue weighted by Crippen LogP contribution is 2.21. The first-order chi connectivity index (χ1) is 16.2. The Morgan fingerprint density at radius 1 is 0.939 bits per heavy atom. The van der Waals surface area contributed by atoms with Gasteiger partial charge in [-0.15, -0.1) is 11.8 Å². The van der Waals surface area contributed by atoms with Gasteiger partial charge in [0.15, 0.2) is 0 Å². The van der Waals surface area contributed by atoms with Gasteiger partial charge in [-0.3, -0.25) is 4.79 Å². The normalized spacial score (nSPS) is 12.0. The van der Waals surface area contributed by atoms with Crippen LogP contribution in [-0.4, -0.2) is 17.4 Å². The van der Waals surface area contributed by atoms with Crippen LogP contribution in [0.5, 0.6) is 5.75 Å². The third kappa shape index (κ3) is 6.46. The number of nitrogens with one attached hydrogen (secondary N) is 1. The number of ether oxygens (including phenoxy) is 1. The van der Waals surface area contributed by atoms with Crippen molar-refractivity contribution in [1.29, 1.82) is 0 Å². The van der Waals surface area contributed by atoms with Crippen LogP contribution in [0.25, 0.3) is 10.8 Å². The fraction of sp³-hybridized carbons (Fsp3) is 0.143. The number of nitrogens with zero attached hydrogens (tertiary/aromatic N) is 1. The van der Waals surface area contributed by atoms with Crippen LogP contribution in [0.4, 0.5) is 0 Å². The van der Waals surface area contributed by atoms with Crippen molar-refractivity contribution in [3.05, 3.63) is 114 Å². The summed E-state index contributed by atoms with van der Waals surface area (Å²) in [6.07, 6.45) is 1.64. The average molecular weight is 455 g/mol. The van der Waals surface area contributed by atoms with Crippen molar-refractivity contribution in [1.82, 2.24) is 5.43 Å². The second-order valence-corrected chi connectivity index (χ2v) is 9.00. The van der Waals surface area contributed by atoms with Gasteiger partial charge in [0.25, 0.3) is 5.91 Å². The molecule has 1 N–H and O–H groups in total. The zero-order valence-electron chi connectivity index (χ0n) is 18.5. The van der Waals surface area contributed by atoms with Crippen molar-refractivity contribution < 1.29 is 9.53 Å². The second-order valence-electron chi connectivity index (χ2n) is 7.67. The van der Waals surface area contributed by atoms with Gasteiger partial charge in [0.1, 0.15) is 12.4 Å². The van der Waals surface area contributed by atoms with Crippen molar-refractivity contribution >= 4 is 34.7 Å². The standard InChI is InChI=1S/C28H26N2O2S/c1-21(33-20-23-8-3-2-4-9-23)28(31)30-29-18-22-14-16-26(17-15-22)32-19-25-12-7-11-24-10-5-6-13-27(24)25/h2-18,21H,19-20H2,1H3,(H,30,31)/b29-18+. The molecule has 1 atom stereocenters. The molecular weight excluding hydrogens is 428 g/mol. The monoisotopic (exact) mass is 454 g/mol. The summed E-state index contributed by atoms with van der Waals surface area (Å²) in [6.45, 7) is 2.39. The summed E-state index contributed by atoms with van der Waals surface area (Å²) in [5.74, 6) is 1.47. The maximum Gasteiger partial charge on any atom is 0.252 e. The zero-order valence-corrected chi connectivity index (χ0v) is 19.3. The molecular formula is C28H26N2O2S. The third-order valence-electron chi connectivity index (χ3n) is 5.25. The molecule has 166 valence electrons. The molecule has 0 bridgehead atoms. The lowest BCUT2D eigenvalue weighted by Crippen LogP contribution is -2.26. The minimum atomic E-state index is -0.188. The van der Waals surface area contributed by atoms with Crippen molar-refractivity contribution in [3.8, 4) is 5.75 Å². The predicted molar refractivity (Wildman–Crippen MR) is 138 cm³/mol. The second kappa shape index (κ2) is 11.3. The number of carbonyl (C=O) groups is 1. The van der Waals surface area contributed by atoms with Gasteiger partial charge in [-0.25, -0.2) is 5.43 Å². The van der Waals surface area contributed by atoms with Crippen LogP contribution in [0, 0.1) is 0 Å². The van der Waals surface area contributed by atoms with Crippen LogP contribution in [0.15, 0.2) is 102 Å². The van der Waals surface area contributed by atoms with E-state index in [1.54, 1.807) is 18.0 Å². The Labute approximate surface area is 198 Å². The van der Waals surface area contributed by atoms with E-state index in [1.165, 1.54) is 16.3 Å². The Morgan fingerprint density at radius 2 is 1.67 bits per heavy atom. The highest BCUT2D eigenvalue weighted by Gasteiger charge is 2.12. The number of carbonyl (C=O) groups excluding carboxylic acids is 1. The largest absolute Gasteiger partial charge is 0.489 e. The van der Waals surface area contributed by atoms with E-state index in [2.05, 4.69) is 53.0 Å². The third-order valence-corrected chi connectivity index (χ3v) is 6.47. The van der Waals surface area contributed by atoms with E-state index in [-0.39, 0.29) is 11.2 Å². The minimum Gasteiger partial charge on any atom is -0.489 e. The first-order valence-electron chi connectivity index (χ1n) is 10.9. The molecule has 33 heavy (non-hydrogen) atoms. The van der Waals surface area contributed by atoms with E-state index >= 15 is 0 Å². The van der Waals surface area contributed by atoms with Crippen LogP contribution >= 0.6 is 11.8 Å². The lowest BCUT2D eigenvalue weighted by molar-refractivity contribution is -0.120. The minimum absolute atomic E-state index is 0.109. The Hall–Kier alpha value is -3.57. The number of hydrazone groups is 1. The molecule has 0 radical (unpaired) electrons. The smallest absolute Gasteiger partial charge is 0.252 e. The quantitative estimate of drug-likeness (QED) is 0.242. The summed E-state index contributed by atoms with van der Waals surface area (Å²) in [4.78, 5) is 12.3. The highest BCUT2D eigenvalue weighted by molar-refractivity contribution is 7.99. The molecule has 0 heterocycles. The molecule has 1 unspecified atom stereocenters. The number of hydrogen-bond donors (Lipinski definition) is 1. The van der Waals surface area contributed by atoms with Crippen LogP contribution in [0.1, 0.15) is 23.6 Å². The van der Waals surface area contributed by atoms with E-state index in [4.69, 9.17) is 4.74 Å². The molecule has 0 spiro atoms. The molecule has 0 saturated carbocycles.